The van der Waals surface area contributed by atoms with Gasteiger partial charge in [-0.25, -0.2) is 4.68 Å². The molecular formula is C20H23ClN6O. The van der Waals surface area contributed by atoms with Crippen LogP contribution in [0.2, 0.25) is 5.02 Å². The van der Waals surface area contributed by atoms with Crippen molar-refractivity contribution in [2.45, 2.75) is 31.5 Å². The molecule has 7 nitrogen and oxygen atoms in total. The molecule has 1 aliphatic heterocycles. The van der Waals surface area contributed by atoms with Gasteiger partial charge in [0.25, 0.3) is 0 Å². The van der Waals surface area contributed by atoms with Crippen molar-refractivity contribution < 1.29 is 4.74 Å². The van der Waals surface area contributed by atoms with E-state index in [4.69, 9.17) is 16.3 Å². The Bertz CT molecular complexity index is 917. The summed E-state index contributed by atoms with van der Waals surface area (Å²) in [5.41, 5.74) is 3.17. The number of aromatic nitrogens is 4. The number of benzene rings is 2. The second-order valence-corrected chi connectivity index (χ2v) is 7.30. The summed E-state index contributed by atoms with van der Waals surface area (Å²) < 4.78 is 7.19. The first kappa shape index (κ1) is 18.9. The zero-order valence-corrected chi connectivity index (χ0v) is 16.4. The summed E-state index contributed by atoms with van der Waals surface area (Å²) in [4.78, 5) is 0. The number of hydrogen-bond acceptors (Lipinski definition) is 6. The van der Waals surface area contributed by atoms with E-state index in [9.17, 15) is 0 Å². The monoisotopic (exact) mass is 398 g/mol. The van der Waals surface area contributed by atoms with Gasteiger partial charge in [0.05, 0.1) is 12.8 Å². The van der Waals surface area contributed by atoms with E-state index < -0.39 is 0 Å². The van der Waals surface area contributed by atoms with Crippen LogP contribution in [0.3, 0.4) is 0 Å². The lowest BCUT2D eigenvalue weighted by atomic mass is 9.92. The van der Waals surface area contributed by atoms with Gasteiger partial charge in [0.2, 0.25) is 0 Å². The van der Waals surface area contributed by atoms with Crippen LogP contribution in [0.1, 0.15) is 30.0 Å². The van der Waals surface area contributed by atoms with Crippen LogP contribution in [0.25, 0.3) is 5.69 Å². The smallest absolute Gasteiger partial charge is 0.143 e. The highest BCUT2D eigenvalue weighted by Gasteiger charge is 2.26. The van der Waals surface area contributed by atoms with Gasteiger partial charge in [0.1, 0.15) is 12.1 Å². The highest BCUT2D eigenvalue weighted by atomic mass is 35.5. The van der Waals surface area contributed by atoms with Crippen molar-refractivity contribution in [2.24, 2.45) is 0 Å². The van der Waals surface area contributed by atoms with Crippen molar-refractivity contribution in [1.29, 1.82) is 0 Å². The van der Waals surface area contributed by atoms with Crippen molar-refractivity contribution in [3.8, 4) is 11.4 Å². The summed E-state index contributed by atoms with van der Waals surface area (Å²) in [7, 11) is 1.69. The minimum Gasteiger partial charge on any atom is -0.496 e. The van der Waals surface area contributed by atoms with E-state index in [2.05, 4.69) is 32.2 Å². The number of ether oxygens (including phenoxy) is 1. The summed E-state index contributed by atoms with van der Waals surface area (Å²) in [5, 5.41) is 19.5. The molecule has 28 heavy (non-hydrogen) atoms. The molecule has 2 unspecified atom stereocenters. The van der Waals surface area contributed by atoms with Gasteiger partial charge >= 0.3 is 0 Å². The van der Waals surface area contributed by atoms with E-state index in [0.29, 0.717) is 12.6 Å². The molecule has 146 valence electrons. The van der Waals surface area contributed by atoms with Crippen molar-refractivity contribution in [1.82, 2.24) is 30.8 Å². The number of nitrogens with one attached hydrogen (secondary N) is 2. The van der Waals surface area contributed by atoms with Gasteiger partial charge in [-0.05, 0) is 65.7 Å². The van der Waals surface area contributed by atoms with E-state index in [0.717, 1.165) is 41.4 Å². The summed E-state index contributed by atoms with van der Waals surface area (Å²) in [6.07, 6.45) is 3.81. The van der Waals surface area contributed by atoms with Crippen LogP contribution >= 0.6 is 11.6 Å². The Kier molecular flexibility index (Phi) is 5.85. The van der Waals surface area contributed by atoms with Crippen molar-refractivity contribution in [3.05, 3.63) is 64.9 Å². The predicted octanol–water partition coefficient (Wildman–Crippen LogP) is 2.91. The lowest BCUT2D eigenvalue weighted by molar-refractivity contribution is 0.303. The molecule has 2 N–H and O–H groups in total. The van der Waals surface area contributed by atoms with E-state index in [1.165, 1.54) is 5.56 Å². The molecule has 4 rings (SSSR count). The summed E-state index contributed by atoms with van der Waals surface area (Å²) in [6.45, 7) is 1.69. The Morgan fingerprint density at radius 1 is 1.29 bits per heavy atom. The van der Waals surface area contributed by atoms with Gasteiger partial charge in [-0.15, -0.1) is 5.10 Å². The molecule has 2 heterocycles. The molecule has 0 saturated carbocycles. The fourth-order valence-electron chi connectivity index (χ4n) is 3.72. The highest BCUT2D eigenvalue weighted by Crippen LogP contribution is 2.27. The maximum absolute atomic E-state index is 6.21. The third-order valence-corrected chi connectivity index (χ3v) is 5.33. The van der Waals surface area contributed by atoms with Crippen LogP contribution in [0.15, 0.2) is 48.8 Å². The molecule has 1 aromatic heterocycles. The highest BCUT2D eigenvalue weighted by molar-refractivity contribution is 6.30. The average Bonchev–Trinajstić information content (AvgIpc) is 3.27. The van der Waals surface area contributed by atoms with Gasteiger partial charge in [-0.3, -0.25) is 0 Å². The molecule has 0 bridgehead atoms. The Morgan fingerprint density at radius 2 is 2.21 bits per heavy atom. The first-order valence-corrected chi connectivity index (χ1v) is 9.75. The Hall–Kier alpha value is -2.48. The van der Waals surface area contributed by atoms with Gasteiger partial charge in [0.15, 0.2) is 0 Å². The molecule has 0 aliphatic carbocycles. The number of halogens is 1. The first-order valence-electron chi connectivity index (χ1n) is 9.37. The molecule has 0 amide bonds. The predicted molar refractivity (Wildman–Crippen MR) is 108 cm³/mol. The van der Waals surface area contributed by atoms with E-state index in [1.54, 1.807) is 18.1 Å². The van der Waals surface area contributed by atoms with Gasteiger partial charge in [-0.1, -0.05) is 23.7 Å². The maximum Gasteiger partial charge on any atom is 0.143 e. The molecule has 1 aliphatic rings. The SMILES string of the molecule is COc1ccc(-n2cnnn2)cc1CNC1CCCNC1c1cccc(Cl)c1. The maximum atomic E-state index is 6.21. The third-order valence-electron chi connectivity index (χ3n) is 5.10. The molecule has 1 fully saturated rings. The lowest BCUT2D eigenvalue weighted by Crippen LogP contribution is -2.45. The molecule has 0 spiro atoms. The standard InChI is InChI=1S/C20H23ClN6O/c1-28-19-8-7-17(27-13-24-25-26-27)11-15(19)12-23-18-6-3-9-22-20(18)14-4-2-5-16(21)10-14/h2,4-5,7-8,10-11,13,18,20,22-23H,3,6,9,12H2,1H3. The summed E-state index contributed by atoms with van der Waals surface area (Å²) in [5.74, 6) is 0.840. The number of methoxy groups -OCH3 is 1. The normalized spacial score (nSPS) is 19.5. The van der Waals surface area contributed by atoms with Crippen LogP contribution < -0.4 is 15.4 Å². The number of hydrogen-bond donors (Lipinski definition) is 2. The fraction of sp³-hybridized carbons (Fsp3) is 0.350. The molecule has 2 atom stereocenters. The quantitative estimate of drug-likeness (QED) is 0.664. The zero-order chi connectivity index (χ0) is 19.3. The van der Waals surface area contributed by atoms with Crippen LogP contribution in [0.5, 0.6) is 5.75 Å². The number of rotatable bonds is 6. The Balaban J connectivity index is 1.53. The van der Waals surface area contributed by atoms with E-state index >= 15 is 0 Å². The minimum absolute atomic E-state index is 0.223. The molecule has 2 aromatic carbocycles. The molecule has 8 heteroatoms. The molecule has 1 saturated heterocycles. The van der Waals surface area contributed by atoms with Crippen LogP contribution in [0.4, 0.5) is 0 Å². The lowest BCUT2D eigenvalue weighted by Gasteiger charge is -2.34. The fourth-order valence-corrected chi connectivity index (χ4v) is 3.92. The largest absolute Gasteiger partial charge is 0.496 e. The molecular weight excluding hydrogens is 376 g/mol. The van der Waals surface area contributed by atoms with Crippen molar-refractivity contribution in [3.63, 3.8) is 0 Å². The molecule has 0 radical (unpaired) electrons. The van der Waals surface area contributed by atoms with E-state index in [-0.39, 0.29) is 6.04 Å². The van der Waals surface area contributed by atoms with Crippen LogP contribution in [-0.4, -0.2) is 39.9 Å². The van der Waals surface area contributed by atoms with Crippen LogP contribution in [0, 0.1) is 0 Å². The Labute approximate surface area is 169 Å². The van der Waals surface area contributed by atoms with E-state index in [1.807, 2.05) is 36.4 Å². The van der Waals surface area contributed by atoms with Gasteiger partial charge in [-0.2, -0.15) is 0 Å². The second-order valence-electron chi connectivity index (χ2n) is 6.87. The summed E-state index contributed by atoms with van der Waals surface area (Å²) >= 11 is 6.21. The Morgan fingerprint density at radius 3 is 3.00 bits per heavy atom. The van der Waals surface area contributed by atoms with Crippen LogP contribution in [-0.2, 0) is 6.54 Å². The third kappa shape index (κ3) is 4.16. The topological polar surface area (TPSA) is 76.9 Å². The van der Waals surface area contributed by atoms with Crippen molar-refractivity contribution in [2.75, 3.05) is 13.7 Å². The number of tetrazole rings is 1. The number of nitrogens with zero attached hydrogens (tertiary/aromatic N) is 4. The average molecular weight is 399 g/mol. The summed E-state index contributed by atoms with van der Waals surface area (Å²) in [6, 6.07) is 14.5. The second kappa shape index (κ2) is 8.68. The van der Waals surface area contributed by atoms with Gasteiger partial charge in [0, 0.05) is 29.2 Å². The van der Waals surface area contributed by atoms with Gasteiger partial charge < -0.3 is 15.4 Å². The number of piperidine rings is 1. The first-order chi connectivity index (χ1) is 13.7. The molecule has 3 aromatic rings. The van der Waals surface area contributed by atoms with Crippen molar-refractivity contribution >= 4 is 11.6 Å². The minimum atomic E-state index is 0.223. The zero-order valence-electron chi connectivity index (χ0n) is 15.7.